The summed E-state index contributed by atoms with van der Waals surface area (Å²) in [5.74, 6) is -1.89. The Bertz CT molecular complexity index is 1190. The van der Waals surface area contributed by atoms with Gasteiger partial charge in [0.2, 0.25) is 17.7 Å². The number of aliphatic hydroxyl groups is 1. The number of amides is 3. The van der Waals surface area contributed by atoms with Crippen LogP contribution in [0.5, 0.6) is 11.5 Å². The van der Waals surface area contributed by atoms with Crippen LogP contribution < -0.4 is 33.2 Å². The van der Waals surface area contributed by atoms with Crippen molar-refractivity contribution in [3.8, 4) is 22.6 Å². The summed E-state index contributed by atoms with van der Waals surface area (Å²) in [5, 5.41) is 39.0. The Balaban J connectivity index is 2.05. The maximum absolute atomic E-state index is 13.4. The summed E-state index contributed by atoms with van der Waals surface area (Å²) in [5.41, 5.74) is 19.6. The molecule has 4 atom stereocenters. The van der Waals surface area contributed by atoms with Crippen molar-refractivity contribution in [3.05, 3.63) is 47.5 Å². The van der Waals surface area contributed by atoms with E-state index < -0.39 is 41.9 Å². The van der Waals surface area contributed by atoms with Gasteiger partial charge in [0.1, 0.15) is 23.6 Å². The first-order chi connectivity index (χ1) is 19.2. The highest BCUT2D eigenvalue weighted by molar-refractivity contribution is 5.93. The van der Waals surface area contributed by atoms with E-state index in [4.69, 9.17) is 17.2 Å². The van der Waals surface area contributed by atoms with Gasteiger partial charge in [-0.2, -0.15) is 0 Å². The molecular weight excluding hydrogens is 516 g/mol. The molecule has 0 saturated carbocycles. The molecule has 0 fully saturated rings. The number of rotatable bonds is 9. The molecule has 218 valence electrons. The second kappa shape index (κ2) is 14.6. The number of nitrogens with two attached hydrogens (primary N) is 3. The van der Waals surface area contributed by atoms with Crippen molar-refractivity contribution in [2.45, 2.75) is 62.7 Å². The third kappa shape index (κ3) is 8.15. The fraction of sp³-hybridized carbons (Fsp3) is 0.464. The van der Waals surface area contributed by atoms with Gasteiger partial charge in [-0.25, -0.2) is 0 Å². The van der Waals surface area contributed by atoms with E-state index >= 15 is 0 Å². The zero-order valence-electron chi connectivity index (χ0n) is 22.4. The number of phenolic OH excluding ortho intramolecular Hbond substituents is 2. The molecule has 12 heteroatoms. The predicted molar refractivity (Wildman–Crippen MR) is 150 cm³/mol. The van der Waals surface area contributed by atoms with Gasteiger partial charge in [0.25, 0.3) is 0 Å². The lowest BCUT2D eigenvalue weighted by Crippen LogP contribution is -2.57. The number of benzene rings is 2. The minimum Gasteiger partial charge on any atom is -0.508 e. The van der Waals surface area contributed by atoms with Crippen molar-refractivity contribution < 1.29 is 29.7 Å². The molecule has 0 aliphatic carbocycles. The SMILES string of the molecule is NCCC[C@@H](CO)NC(=O)[C@@H]1Cc2cc(ccc2O)-c2ccc(O)c(c2)C[C@H](N)C(=O)N[C@@H](CCCN)C(=O)N1. The van der Waals surface area contributed by atoms with E-state index in [1.54, 1.807) is 24.3 Å². The molecule has 3 amide bonds. The largest absolute Gasteiger partial charge is 0.508 e. The quantitative estimate of drug-likeness (QED) is 0.186. The number of carbonyl (C=O) groups excluding carboxylic acids is 3. The minimum atomic E-state index is -1.15. The van der Waals surface area contributed by atoms with Crippen LogP contribution in [0.25, 0.3) is 11.1 Å². The second-order valence-electron chi connectivity index (χ2n) is 10.1. The molecule has 2 aromatic rings. The summed E-state index contributed by atoms with van der Waals surface area (Å²) < 4.78 is 0. The van der Waals surface area contributed by atoms with Gasteiger partial charge in [0.15, 0.2) is 0 Å². The second-order valence-corrected chi connectivity index (χ2v) is 10.1. The van der Waals surface area contributed by atoms with Gasteiger partial charge in [0.05, 0.1) is 18.7 Å². The molecule has 1 aliphatic rings. The van der Waals surface area contributed by atoms with Gasteiger partial charge >= 0.3 is 0 Å². The number of hydrogen-bond donors (Lipinski definition) is 9. The maximum Gasteiger partial charge on any atom is 0.243 e. The number of aromatic hydroxyl groups is 2. The highest BCUT2D eigenvalue weighted by Gasteiger charge is 2.30. The Hall–Kier alpha value is -3.71. The lowest BCUT2D eigenvalue weighted by Gasteiger charge is -2.26. The van der Waals surface area contributed by atoms with Crippen molar-refractivity contribution in [1.82, 2.24) is 16.0 Å². The number of carbonyl (C=O) groups is 3. The van der Waals surface area contributed by atoms with Gasteiger partial charge in [-0.05, 0) is 85.3 Å². The van der Waals surface area contributed by atoms with Gasteiger partial charge in [0, 0.05) is 12.8 Å². The molecule has 0 radical (unpaired) electrons. The normalized spacial score (nSPS) is 20.4. The van der Waals surface area contributed by atoms with E-state index in [9.17, 15) is 29.7 Å². The van der Waals surface area contributed by atoms with Gasteiger partial charge < -0.3 is 48.5 Å². The topological polar surface area (TPSA) is 226 Å². The van der Waals surface area contributed by atoms with E-state index in [0.29, 0.717) is 48.1 Å². The number of aliphatic hydroxyl groups excluding tert-OH is 1. The molecule has 0 saturated heterocycles. The highest BCUT2D eigenvalue weighted by atomic mass is 16.3. The van der Waals surface area contributed by atoms with Gasteiger partial charge in [-0.1, -0.05) is 12.1 Å². The minimum absolute atomic E-state index is 0.0120. The molecule has 0 unspecified atom stereocenters. The molecule has 1 aliphatic heterocycles. The first-order valence-corrected chi connectivity index (χ1v) is 13.5. The third-order valence-corrected chi connectivity index (χ3v) is 6.98. The van der Waals surface area contributed by atoms with Crippen LogP contribution >= 0.6 is 0 Å². The summed E-state index contributed by atoms with van der Waals surface area (Å²) in [6.07, 6.45) is 1.57. The fourth-order valence-corrected chi connectivity index (χ4v) is 4.63. The number of nitrogens with one attached hydrogen (secondary N) is 3. The van der Waals surface area contributed by atoms with Crippen molar-refractivity contribution >= 4 is 17.7 Å². The molecule has 0 aromatic heterocycles. The van der Waals surface area contributed by atoms with Crippen molar-refractivity contribution in [2.24, 2.45) is 17.2 Å². The van der Waals surface area contributed by atoms with Crippen LogP contribution in [0, 0.1) is 0 Å². The summed E-state index contributed by atoms with van der Waals surface area (Å²) in [4.78, 5) is 39.8. The lowest BCUT2D eigenvalue weighted by atomic mass is 9.95. The van der Waals surface area contributed by atoms with Crippen LogP contribution in [0.15, 0.2) is 36.4 Å². The third-order valence-electron chi connectivity index (χ3n) is 6.98. The Morgan fingerprint density at radius 3 is 2.10 bits per heavy atom. The average Bonchev–Trinajstić information content (AvgIpc) is 2.94. The Labute approximate surface area is 233 Å². The molecule has 40 heavy (non-hydrogen) atoms. The zero-order valence-corrected chi connectivity index (χ0v) is 22.4. The maximum atomic E-state index is 13.4. The smallest absolute Gasteiger partial charge is 0.243 e. The fourth-order valence-electron chi connectivity index (χ4n) is 4.63. The van der Waals surface area contributed by atoms with E-state index in [0.717, 1.165) is 0 Å². The van der Waals surface area contributed by atoms with Gasteiger partial charge in [-0.3, -0.25) is 14.4 Å². The van der Waals surface area contributed by atoms with Crippen LogP contribution in [0.3, 0.4) is 0 Å². The molecule has 1 heterocycles. The van der Waals surface area contributed by atoms with E-state index in [-0.39, 0.29) is 43.9 Å². The Morgan fingerprint density at radius 2 is 1.52 bits per heavy atom. The zero-order chi connectivity index (χ0) is 29.2. The number of phenols is 2. The highest BCUT2D eigenvalue weighted by Crippen LogP contribution is 2.31. The van der Waals surface area contributed by atoms with Crippen molar-refractivity contribution in [1.29, 1.82) is 0 Å². The summed E-state index contributed by atoms with van der Waals surface area (Å²) >= 11 is 0. The van der Waals surface area contributed by atoms with Gasteiger partial charge in [-0.15, -0.1) is 0 Å². The first kappa shape index (κ1) is 30.8. The van der Waals surface area contributed by atoms with Crippen LogP contribution in [0.1, 0.15) is 36.8 Å². The Kier molecular flexibility index (Phi) is 11.3. The molecular formula is C28H40N6O6. The average molecular weight is 557 g/mol. The number of hydrogen-bond acceptors (Lipinski definition) is 9. The Morgan fingerprint density at radius 1 is 0.925 bits per heavy atom. The lowest BCUT2D eigenvalue weighted by molar-refractivity contribution is -0.132. The molecule has 12 N–H and O–H groups in total. The van der Waals surface area contributed by atoms with Crippen LogP contribution in [0.2, 0.25) is 0 Å². The standard InChI is InChI=1S/C28H40N6O6/c29-9-1-3-20(15-35)32-28(40)23-14-19-12-17(6-8-25(19)37)16-5-7-24(36)18(11-16)13-21(31)26(38)33-22(4-2-10-30)27(39)34-23/h5-8,11-12,20-23,35-37H,1-4,9-10,13-15,29-31H2,(H,32,40)(H,33,38)(H,34,39)/t20-,21-,22-,23-/m0/s1. The summed E-state index contributed by atoms with van der Waals surface area (Å²) in [6, 6.07) is 5.95. The summed E-state index contributed by atoms with van der Waals surface area (Å²) in [7, 11) is 0. The van der Waals surface area contributed by atoms with Crippen LogP contribution in [-0.2, 0) is 27.2 Å². The van der Waals surface area contributed by atoms with Crippen LogP contribution in [0.4, 0.5) is 0 Å². The van der Waals surface area contributed by atoms with E-state index in [1.807, 2.05) is 0 Å². The van der Waals surface area contributed by atoms with Crippen LogP contribution in [-0.4, -0.2) is 76.9 Å². The van der Waals surface area contributed by atoms with E-state index in [1.165, 1.54) is 12.1 Å². The van der Waals surface area contributed by atoms with E-state index in [2.05, 4.69) is 16.0 Å². The molecule has 0 spiro atoms. The first-order valence-electron chi connectivity index (χ1n) is 13.5. The van der Waals surface area contributed by atoms with Crippen molar-refractivity contribution in [2.75, 3.05) is 19.7 Å². The predicted octanol–water partition coefficient (Wildman–Crippen LogP) is -0.885. The summed E-state index contributed by atoms with van der Waals surface area (Å²) in [6.45, 7) is 0.344. The molecule has 3 rings (SSSR count). The molecule has 2 aromatic carbocycles. The number of fused-ring (bicyclic) bond motifs is 5. The molecule has 4 bridgehead atoms. The van der Waals surface area contributed by atoms with Crippen molar-refractivity contribution in [3.63, 3.8) is 0 Å². The monoisotopic (exact) mass is 556 g/mol. The molecule has 12 nitrogen and oxygen atoms in total.